The molecule has 1 atom stereocenters. The van der Waals surface area contributed by atoms with Gasteiger partial charge in [-0.1, -0.05) is 36.4 Å². The van der Waals surface area contributed by atoms with Gasteiger partial charge in [-0.25, -0.2) is 4.79 Å². The summed E-state index contributed by atoms with van der Waals surface area (Å²) in [4.78, 5) is 17.1. The molecule has 0 spiro atoms. The van der Waals surface area contributed by atoms with Crippen LogP contribution < -0.4 is 5.32 Å². The molecule has 0 unspecified atom stereocenters. The first-order chi connectivity index (χ1) is 11.3. The number of hydrogen-bond acceptors (Lipinski definition) is 4. The van der Waals surface area contributed by atoms with E-state index >= 15 is 0 Å². The van der Waals surface area contributed by atoms with Crippen molar-refractivity contribution in [3.63, 3.8) is 0 Å². The van der Waals surface area contributed by atoms with Gasteiger partial charge in [-0.3, -0.25) is 10.3 Å². The van der Waals surface area contributed by atoms with Crippen LogP contribution in [0.5, 0.6) is 0 Å². The molecule has 1 aromatic heterocycles. The van der Waals surface area contributed by atoms with Crippen molar-refractivity contribution in [1.29, 1.82) is 0 Å². The van der Waals surface area contributed by atoms with Crippen molar-refractivity contribution >= 4 is 29.2 Å². The van der Waals surface area contributed by atoms with Crippen LogP contribution in [0, 0.1) is 0 Å². The second-order valence-corrected chi connectivity index (χ2v) is 6.32. The van der Waals surface area contributed by atoms with Gasteiger partial charge >= 0.3 is 6.09 Å². The van der Waals surface area contributed by atoms with Crippen LogP contribution in [0.25, 0.3) is 5.57 Å². The molecule has 1 saturated heterocycles. The molecule has 1 fully saturated rings. The minimum Gasteiger partial charge on any atom is -0.434 e. The Morgan fingerprint density at radius 2 is 2.04 bits per heavy atom. The third-order valence-corrected chi connectivity index (χ3v) is 4.77. The van der Waals surface area contributed by atoms with Crippen LogP contribution in [0.1, 0.15) is 23.0 Å². The molecule has 5 heteroatoms. The van der Waals surface area contributed by atoms with E-state index in [9.17, 15) is 4.79 Å². The van der Waals surface area contributed by atoms with Gasteiger partial charge in [0.25, 0.3) is 0 Å². The van der Waals surface area contributed by atoms with Crippen LogP contribution >= 0.6 is 11.3 Å². The lowest BCUT2D eigenvalue weighted by atomic mass is 9.95. The summed E-state index contributed by atoms with van der Waals surface area (Å²) < 4.78 is 5.43. The van der Waals surface area contributed by atoms with Crippen LogP contribution in [0.3, 0.4) is 0 Å². The van der Waals surface area contributed by atoms with E-state index in [-0.39, 0.29) is 6.10 Å². The quantitative estimate of drug-likeness (QED) is 0.896. The Balaban J connectivity index is 1.69. The molecule has 4 rings (SSSR count). The maximum absolute atomic E-state index is 11.7. The molecular weight excluding hydrogens is 308 g/mol. The van der Waals surface area contributed by atoms with E-state index in [1.54, 1.807) is 17.6 Å². The number of thiophene rings is 1. The van der Waals surface area contributed by atoms with Crippen LogP contribution in [0.15, 0.2) is 70.3 Å². The zero-order valence-electron chi connectivity index (χ0n) is 12.2. The maximum atomic E-state index is 11.7. The molecule has 4 nitrogen and oxygen atoms in total. The van der Waals surface area contributed by atoms with Crippen LogP contribution in [-0.4, -0.2) is 12.3 Å². The minimum absolute atomic E-state index is 0.362. The van der Waals surface area contributed by atoms with E-state index in [2.05, 4.69) is 22.4 Å². The summed E-state index contributed by atoms with van der Waals surface area (Å²) in [6.45, 7) is 0. The highest BCUT2D eigenvalue weighted by molar-refractivity contribution is 7.10. The number of allylic oxidation sites excluding steroid dienone is 2. The number of nitrogens with zero attached hydrogens (tertiary/aromatic N) is 1. The highest BCUT2D eigenvalue weighted by atomic mass is 32.1. The highest BCUT2D eigenvalue weighted by Gasteiger charge is 2.33. The topological polar surface area (TPSA) is 50.7 Å². The van der Waals surface area contributed by atoms with Gasteiger partial charge in [0, 0.05) is 18.8 Å². The standard InChI is InChI=1S/C18H14N2O2S/c21-18-20-16(17(22-18)15-7-4-8-23-15)14-9-13(10-19-11-14)12-5-2-1-3-6-12/h1-8,10-11,17H,9H2,(H,20,21)/b16-14+/t17-/m0/s1. The SMILES string of the molecule is O=C1N/C(=C2/C=NC=C(c3ccccc3)C2)[C@H](c2cccs2)O1. The molecule has 0 bridgehead atoms. The Kier molecular flexibility index (Phi) is 3.55. The van der Waals surface area contributed by atoms with Crippen molar-refractivity contribution in [2.45, 2.75) is 12.5 Å². The summed E-state index contributed by atoms with van der Waals surface area (Å²) >= 11 is 1.58. The fraction of sp³-hybridized carbons (Fsp3) is 0.111. The lowest BCUT2D eigenvalue weighted by Gasteiger charge is -2.16. The molecule has 1 aromatic carbocycles. The van der Waals surface area contributed by atoms with Gasteiger partial charge in [-0.05, 0) is 28.2 Å². The molecule has 23 heavy (non-hydrogen) atoms. The molecule has 2 aliphatic rings. The summed E-state index contributed by atoms with van der Waals surface area (Å²) in [5.74, 6) is 0. The lowest BCUT2D eigenvalue weighted by Crippen LogP contribution is -2.15. The molecule has 114 valence electrons. The van der Waals surface area contributed by atoms with Gasteiger partial charge in [-0.15, -0.1) is 11.3 Å². The number of amides is 1. The Labute approximate surface area is 137 Å². The molecule has 2 aliphatic heterocycles. The van der Waals surface area contributed by atoms with Gasteiger partial charge in [0.15, 0.2) is 6.10 Å². The number of carbonyl (C=O) groups is 1. The van der Waals surface area contributed by atoms with Gasteiger partial charge in [-0.2, -0.15) is 0 Å². The number of ether oxygens (including phenoxy) is 1. The fourth-order valence-electron chi connectivity index (χ4n) is 2.77. The Hall–Kier alpha value is -2.66. The van der Waals surface area contributed by atoms with Crippen LogP contribution in [0.4, 0.5) is 4.79 Å². The lowest BCUT2D eigenvalue weighted by molar-refractivity contribution is 0.147. The molecule has 1 N–H and O–H groups in total. The van der Waals surface area contributed by atoms with Crippen LogP contribution in [-0.2, 0) is 4.74 Å². The van der Waals surface area contributed by atoms with Crippen LogP contribution in [0.2, 0.25) is 0 Å². The Morgan fingerprint density at radius 1 is 1.17 bits per heavy atom. The second-order valence-electron chi connectivity index (χ2n) is 5.34. The first-order valence-electron chi connectivity index (χ1n) is 7.33. The number of cyclic esters (lactones) is 1. The van der Waals surface area contributed by atoms with Gasteiger partial charge in [0.1, 0.15) is 0 Å². The maximum Gasteiger partial charge on any atom is 0.412 e. The molecule has 2 aromatic rings. The zero-order valence-corrected chi connectivity index (χ0v) is 13.0. The summed E-state index contributed by atoms with van der Waals surface area (Å²) in [6, 6.07) is 14.1. The van der Waals surface area contributed by atoms with Crippen molar-refractivity contribution in [1.82, 2.24) is 5.32 Å². The van der Waals surface area contributed by atoms with E-state index in [0.29, 0.717) is 6.42 Å². The number of carbonyl (C=O) groups excluding carboxylic acids is 1. The second kappa shape index (κ2) is 5.85. The number of rotatable bonds is 2. The number of benzene rings is 1. The van der Waals surface area contributed by atoms with Crippen molar-refractivity contribution < 1.29 is 9.53 Å². The molecule has 3 heterocycles. The molecule has 0 saturated carbocycles. The van der Waals surface area contributed by atoms with Crippen molar-refractivity contribution in [3.8, 4) is 0 Å². The van der Waals surface area contributed by atoms with E-state index in [1.807, 2.05) is 41.9 Å². The third kappa shape index (κ3) is 2.71. The number of nitrogens with one attached hydrogen (secondary N) is 1. The van der Waals surface area contributed by atoms with Crippen molar-refractivity contribution in [3.05, 3.63) is 75.8 Å². The molecule has 1 amide bonds. The number of aliphatic imine (C=N–C) groups is 1. The zero-order chi connectivity index (χ0) is 15.6. The Bertz CT molecular complexity index is 820. The predicted molar refractivity (Wildman–Crippen MR) is 91.2 cm³/mol. The number of hydrogen-bond donors (Lipinski definition) is 1. The normalized spacial score (nSPS) is 23.4. The highest BCUT2D eigenvalue weighted by Crippen LogP contribution is 2.36. The smallest absolute Gasteiger partial charge is 0.412 e. The van der Waals surface area contributed by atoms with Gasteiger partial charge in [0.2, 0.25) is 0 Å². The molecular formula is C18H14N2O2S. The Morgan fingerprint density at radius 3 is 2.83 bits per heavy atom. The average Bonchev–Trinajstić information content (AvgIpc) is 3.25. The van der Waals surface area contributed by atoms with E-state index in [4.69, 9.17) is 4.74 Å². The molecule has 0 radical (unpaired) electrons. The fourth-order valence-corrected chi connectivity index (χ4v) is 3.53. The predicted octanol–water partition coefficient (Wildman–Crippen LogP) is 4.30. The summed E-state index contributed by atoms with van der Waals surface area (Å²) in [6.07, 6.45) is 3.62. The largest absolute Gasteiger partial charge is 0.434 e. The molecule has 0 aliphatic carbocycles. The van der Waals surface area contributed by atoms with E-state index < -0.39 is 6.09 Å². The van der Waals surface area contributed by atoms with Gasteiger partial charge in [0.05, 0.1) is 10.6 Å². The van der Waals surface area contributed by atoms with E-state index in [0.717, 1.165) is 27.3 Å². The summed E-state index contributed by atoms with van der Waals surface area (Å²) in [7, 11) is 0. The average molecular weight is 322 g/mol. The minimum atomic E-state index is -0.407. The summed E-state index contributed by atoms with van der Waals surface area (Å²) in [5.41, 5.74) is 4.04. The number of alkyl carbamates (subject to hydrolysis) is 1. The third-order valence-electron chi connectivity index (χ3n) is 3.86. The summed E-state index contributed by atoms with van der Waals surface area (Å²) in [5, 5.41) is 4.82. The monoisotopic (exact) mass is 322 g/mol. The van der Waals surface area contributed by atoms with Crippen molar-refractivity contribution in [2.75, 3.05) is 0 Å². The van der Waals surface area contributed by atoms with E-state index in [1.165, 1.54) is 0 Å². The van der Waals surface area contributed by atoms with Crippen molar-refractivity contribution in [2.24, 2.45) is 4.99 Å². The first kappa shape index (κ1) is 14.0. The van der Waals surface area contributed by atoms with Gasteiger partial charge < -0.3 is 4.74 Å². The first-order valence-corrected chi connectivity index (χ1v) is 8.21.